The van der Waals surface area contributed by atoms with E-state index < -0.39 is 0 Å². The number of carbonyl (C=O) groups is 1. The van der Waals surface area contributed by atoms with Crippen LogP contribution < -0.4 is 4.74 Å². The number of hydrogen-bond donors (Lipinski definition) is 0. The Balaban J connectivity index is 1.43. The molecule has 160 valence electrons. The van der Waals surface area contributed by atoms with Crippen LogP contribution in [0.25, 0.3) is 11.5 Å². The van der Waals surface area contributed by atoms with Crippen molar-refractivity contribution < 1.29 is 14.1 Å². The fourth-order valence-corrected chi connectivity index (χ4v) is 4.25. The Hall–Kier alpha value is -3.36. The van der Waals surface area contributed by atoms with Crippen LogP contribution in [0.2, 0.25) is 0 Å². The Kier molecular flexibility index (Phi) is 4.88. The van der Waals surface area contributed by atoms with Gasteiger partial charge in [-0.25, -0.2) is 9.97 Å². The van der Waals surface area contributed by atoms with Crippen molar-refractivity contribution in [1.82, 2.24) is 30.0 Å². The van der Waals surface area contributed by atoms with E-state index in [1.165, 1.54) is 0 Å². The summed E-state index contributed by atoms with van der Waals surface area (Å²) in [4.78, 5) is 32.9. The average Bonchev–Trinajstić information content (AvgIpc) is 3.40. The summed E-state index contributed by atoms with van der Waals surface area (Å²) in [5.74, 6) is 2.39. The molecular weight excluding hydrogens is 396 g/mol. The van der Waals surface area contributed by atoms with Crippen molar-refractivity contribution in [2.45, 2.75) is 39.7 Å². The maximum Gasteiger partial charge on any atom is 0.273 e. The molecule has 0 radical (unpaired) electrons. The van der Waals surface area contributed by atoms with Gasteiger partial charge in [0.1, 0.15) is 12.3 Å². The molecule has 1 saturated carbocycles. The summed E-state index contributed by atoms with van der Waals surface area (Å²) in [7, 11) is 0. The number of carbonyl (C=O) groups excluding carboxylic acids is 1. The molecule has 0 spiro atoms. The molecule has 4 heterocycles. The van der Waals surface area contributed by atoms with E-state index in [0.29, 0.717) is 53.8 Å². The molecule has 9 nitrogen and oxygen atoms in total. The highest BCUT2D eigenvalue weighted by Gasteiger charge is 2.48. The minimum Gasteiger partial charge on any atom is -0.474 e. The number of aryl methyl sites for hydroxylation is 3. The second-order valence-electron chi connectivity index (χ2n) is 8.36. The van der Waals surface area contributed by atoms with E-state index in [2.05, 4.69) is 25.1 Å². The summed E-state index contributed by atoms with van der Waals surface area (Å²) in [5, 5.41) is 3.86. The third kappa shape index (κ3) is 3.87. The molecule has 1 amide bonds. The van der Waals surface area contributed by atoms with E-state index in [4.69, 9.17) is 9.26 Å². The first-order valence-electron chi connectivity index (χ1n) is 10.5. The average molecular weight is 420 g/mol. The predicted octanol–water partition coefficient (Wildman–Crippen LogP) is 2.78. The lowest BCUT2D eigenvalue weighted by Crippen LogP contribution is -2.48. The highest BCUT2D eigenvalue weighted by atomic mass is 16.5. The van der Waals surface area contributed by atoms with Gasteiger partial charge in [0, 0.05) is 24.6 Å². The van der Waals surface area contributed by atoms with Crippen LogP contribution in [0, 0.1) is 32.6 Å². The van der Waals surface area contributed by atoms with Gasteiger partial charge >= 0.3 is 0 Å². The van der Waals surface area contributed by atoms with E-state index in [-0.39, 0.29) is 11.9 Å². The van der Waals surface area contributed by atoms with Crippen LogP contribution in [-0.2, 0) is 0 Å². The summed E-state index contributed by atoms with van der Waals surface area (Å²) >= 11 is 0. The quantitative estimate of drug-likeness (QED) is 0.620. The van der Waals surface area contributed by atoms with Crippen LogP contribution in [0.5, 0.6) is 5.88 Å². The van der Waals surface area contributed by atoms with Crippen molar-refractivity contribution in [2.24, 2.45) is 11.8 Å². The Labute approximate surface area is 179 Å². The second kappa shape index (κ2) is 7.72. The van der Waals surface area contributed by atoms with Crippen LogP contribution in [0.1, 0.15) is 40.5 Å². The molecule has 1 aliphatic heterocycles. The molecule has 1 aliphatic carbocycles. The number of pyridine rings is 1. The molecule has 3 atom stereocenters. The van der Waals surface area contributed by atoms with Gasteiger partial charge in [-0.2, -0.15) is 4.98 Å². The lowest BCUT2D eigenvalue weighted by Gasteiger charge is -2.35. The van der Waals surface area contributed by atoms with Crippen molar-refractivity contribution in [3.8, 4) is 17.3 Å². The maximum atomic E-state index is 13.7. The Morgan fingerprint density at radius 2 is 1.97 bits per heavy atom. The van der Waals surface area contributed by atoms with E-state index in [0.717, 1.165) is 24.2 Å². The van der Waals surface area contributed by atoms with Gasteiger partial charge in [-0.3, -0.25) is 9.78 Å². The summed E-state index contributed by atoms with van der Waals surface area (Å²) < 4.78 is 11.3. The van der Waals surface area contributed by atoms with Gasteiger partial charge in [-0.15, -0.1) is 0 Å². The number of piperidine rings is 1. The molecule has 2 aliphatic rings. The van der Waals surface area contributed by atoms with Gasteiger partial charge < -0.3 is 14.2 Å². The topological polar surface area (TPSA) is 107 Å². The van der Waals surface area contributed by atoms with Gasteiger partial charge in [0.2, 0.25) is 5.88 Å². The minimum atomic E-state index is -0.135. The molecule has 3 aromatic heterocycles. The first-order valence-corrected chi connectivity index (χ1v) is 10.5. The zero-order valence-electron chi connectivity index (χ0n) is 17.8. The largest absolute Gasteiger partial charge is 0.474 e. The number of amides is 1. The maximum absolute atomic E-state index is 13.7. The van der Waals surface area contributed by atoms with Crippen molar-refractivity contribution in [2.75, 3.05) is 13.2 Å². The van der Waals surface area contributed by atoms with Crippen LogP contribution in [0.3, 0.4) is 0 Å². The normalized spacial score (nSPS) is 22.2. The number of nitrogens with zero attached hydrogens (tertiary/aromatic N) is 6. The number of aromatic nitrogens is 5. The highest BCUT2D eigenvalue weighted by molar-refractivity contribution is 5.98. The zero-order chi connectivity index (χ0) is 21.5. The minimum absolute atomic E-state index is 0.0581. The predicted molar refractivity (Wildman–Crippen MR) is 110 cm³/mol. The SMILES string of the molecule is Cc1ccc(-c2nc(C)no2)c(C(=O)N2C[C@@H]3C[C@@H]3C[C@H]2COc2nccnc2C)n1. The lowest BCUT2D eigenvalue weighted by molar-refractivity contribution is 0.0502. The molecule has 5 rings (SSSR count). The monoisotopic (exact) mass is 420 g/mol. The molecule has 0 aromatic carbocycles. The smallest absolute Gasteiger partial charge is 0.273 e. The Morgan fingerprint density at radius 1 is 1.13 bits per heavy atom. The van der Waals surface area contributed by atoms with Crippen molar-refractivity contribution in [3.63, 3.8) is 0 Å². The van der Waals surface area contributed by atoms with Crippen LogP contribution in [0.4, 0.5) is 0 Å². The summed E-state index contributed by atoms with van der Waals surface area (Å²) in [6, 6.07) is 3.61. The van der Waals surface area contributed by atoms with Crippen LogP contribution in [-0.4, -0.2) is 55.1 Å². The second-order valence-corrected chi connectivity index (χ2v) is 8.36. The lowest BCUT2D eigenvalue weighted by atomic mass is 10.0. The number of ether oxygens (including phenoxy) is 1. The van der Waals surface area contributed by atoms with Crippen LogP contribution in [0.15, 0.2) is 29.0 Å². The van der Waals surface area contributed by atoms with Crippen LogP contribution >= 0.6 is 0 Å². The molecule has 1 saturated heterocycles. The van der Waals surface area contributed by atoms with E-state index in [9.17, 15) is 4.79 Å². The van der Waals surface area contributed by atoms with Crippen molar-refractivity contribution in [3.05, 3.63) is 47.4 Å². The van der Waals surface area contributed by atoms with Crippen molar-refractivity contribution >= 4 is 5.91 Å². The molecule has 0 unspecified atom stereocenters. The third-order valence-electron chi connectivity index (χ3n) is 6.02. The number of hydrogen-bond acceptors (Lipinski definition) is 8. The van der Waals surface area contributed by atoms with E-state index in [1.807, 2.05) is 30.9 Å². The number of rotatable bonds is 5. The molecule has 31 heavy (non-hydrogen) atoms. The highest BCUT2D eigenvalue weighted by Crippen LogP contribution is 2.47. The fourth-order valence-electron chi connectivity index (χ4n) is 4.25. The molecule has 3 aromatic rings. The summed E-state index contributed by atoms with van der Waals surface area (Å²) in [6.07, 6.45) is 5.31. The number of likely N-dealkylation sites (tertiary alicyclic amines) is 1. The van der Waals surface area contributed by atoms with E-state index in [1.54, 1.807) is 19.3 Å². The molecule has 0 bridgehead atoms. The van der Waals surface area contributed by atoms with Gasteiger partial charge in [0.15, 0.2) is 5.82 Å². The molecule has 2 fully saturated rings. The first kappa shape index (κ1) is 19.6. The summed E-state index contributed by atoms with van der Waals surface area (Å²) in [6.45, 7) is 6.54. The Bertz CT molecular complexity index is 1130. The van der Waals surface area contributed by atoms with Crippen molar-refractivity contribution in [1.29, 1.82) is 0 Å². The number of fused-ring (bicyclic) bond motifs is 1. The molecule has 9 heteroatoms. The van der Waals surface area contributed by atoms with E-state index >= 15 is 0 Å². The molecule has 0 N–H and O–H groups in total. The van der Waals surface area contributed by atoms with Gasteiger partial charge in [0.25, 0.3) is 11.8 Å². The van der Waals surface area contributed by atoms with Gasteiger partial charge in [0.05, 0.1) is 17.3 Å². The zero-order valence-corrected chi connectivity index (χ0v) is 17.8. The standard InChI is InChI=1S/C22H24N6O3/c1-12-4-5-18(21-26-14(3)27-31-21)19(25-12)22(29)28-10-16-8-15(16)9-17(28)11-30-20-13(2)23-6-7-24-20/h4-7,15-17H,8-11H2,1-3H3/t15-,16+,17+/m1/s1. The third-order valence-corrected chi connectivity index (χ3v) is 6.02. The Morgan fingerprint density at radius 3 is 2.74 bits per heavy atom. The summed E-state index contributed by atoms with van der Waals surface area (Å²) in [5.41, 5.74) is 2.38. The molecular formula is C22H24N6O3. The fraction of sp³-hybridized carbons (Fsp3) is 0.455. The van der Waals surface area contributed by atoms with Gasteiger partial charge in [-0.1, -0.05) is 5.16 Å². The first-order chi connectivity index (χ1) is 15.0. The van der Waals surface area contributed by atoms with Gasteiger partial charge in [-0.05, 0) is 57.6 Å².